The zero-order chi connectivity index (χ0) is 47.2. The van der Waals surface area contributed by atoms with E-state index in [-0.39, 0.29) is 17.6 Å². The lowest BCUT2D eigenvalue weighted by atomic mass is 9.43. The third-order valence-electron chi connectivity index (χ3n) is 14.4. The third kappa shape index (κ3) is 7.10. The predicted octanol–water partition coefficient (Wildman–Crippen LogP) is 2.52. The maximum Gasteiger partial charge on any atom is 0.508 e. The normalized spacial score (nSPS) is 35.3. The highest BCUT2D eigenvalue weighted by Crippen LogP contribution is 2.66. The molecular weight excluding hydrogens is 830 g/mol. The highest BCUT2D eigenvalue weighted by molar-refractivity contribution is 6.04. The van der Waals surface area contributed by atoms with E-state index in [2.05, 4.69) is 0 Å². The Hall–Kier alpha value is -4.95. The van der Waals surface area contributed by atoms with Crippen LogP contribution in [0.1, 0.15) is 92.4 Å². The zero-order valence-corrected chi connectivity index (χ0v) is 37.2. The second-order valence-electron chi connectivity index (χ2n) is 19.5. The summed E-state index contributed by atoms with van der Waals surface area (Å²) in [5.74, 6) is -8.95. The van der Waals surface area contributed by atoms with Gasteiger partial charge in [-0.1, -0.05) is 52.8 Å². The van der Waals surface area contributed by atoms with Crippen LogP contribution in [-0.2, 0) is 52.3 Å². The number of aliphatic hydroxyl groups is 4. The van der Waals surface area contributed by atoms with Gasteiger partial charge < -0.3 is 53.6 Å². The van der Waals surface area contributed by atoms with E-state index in [1.807, 2.05) is 0 Å². The number of fused-ring (bicyclic) bond motifs is 5. The summed E-state index contributed by atoms with van der Waals surface area (Å²) >= 11 is 0. The molecule has 19 heteroatoms. The molecule has 4 N–H and O–H groups in total. The molecule has 63 heavy (non-hydrogen) atoms. The molecular formula is C44H57NO18. The number of methoxy groups -OCH3 is 1. The number of carbonyl (C=O) groups excluding carboxylic acids is 7. The van der Waals surface area contributed by atoms with Crippen LogP contribution in [0.4, 0.5) is 9.59 Å². The van der Waals surface area contributed by atoms with Crippen molar-refractivity contribution in [2.45, 2.75) is 135 Å². The number of hydrogen-bond donors (Lipinski definition) is 4. The fourth-order valence-corrected chi connectivity index (χ4v) is 10.5. The molecule has 3 aliphatic carbocycles. The van der Waals surface area contributed by atoms with Crippen LogP contribution in [0.5, 0.6) is 0 Å². The van der Waals surface area contributed by atoms with Crippen molar-refractivity contribution < 1.29 is 87.1 Å². The van der Waals surface area contributed by atoms with Crippen molar-refractivity contribution in [1.82, 2.24) is 4.90 Å². The molecule has 0 radical (unpaired) electrons. The highest BCUT2D eigenvalue weighted by Gasteiger charge is 2.79. The van der Waals surface area contributed by atoms with Gasteiger partial charge in [0, 0.05) is 36.5 Å². The molecule has 346 valence electrons. The maximum absolute atomic E-state index is 15.6. The van der Waals surface area contributed by atoms with Gasteiger partial charge in [0.05, 0.1) is 49.4 Å². The molecule has 6 rings (SSSR count). The Kier molecular flexibility index (Phi) is 11.8. The Bertz CT molecular complexity index is 2130. The minimum Gasteiger partial charge on any atom is -0.457 e. The second kappa shape index (κ2) is 15.6. The van der Waals surface area contributed by atoms with E-state index in [1.165, 1.54) is 74.4 Å². The Morgan fingerprint density at radius 2 is 1.62 bits per heavy atom. The molecule has 0 aromatic heterocycles. The van der Waals surface area contributed by atoms with Crippen molar-refractivity contribution in [2.75, 3.05) is 20.3 Å². The largest absolute Gasteiger partial charge is 0.508 e. The van der Waals surface area contributed by atoms with E-state index >= 15 is 4.79 Å². The molecule has 2 saturated heterocycles. The van der Waals surface area contributed by atoms with E-state index < -0.39 is 148 Å². The number of esters is 3. The molecule has 4 fully saturated rings. The third-order valence-corrected chi connectivity index (χ3v) is 14.4. The lowest BCUT2D eigenvalue weighted by Crippen LogP contribution is -2.81. The molecule has 0 spiro atoms. The zero-order valence-electron chi connectivity index (χ0n) is 37.2. The molecule has 1 aromatic rings. The average molecular weight is 888 g/mol. The molecule has 2 amide bonds. The van der Waals surface area contributed by atoms with Crippen LogP contribution in [0.25, 0.3) is 0 Å². The Morgan fingerprint density at radius 3 is 2.13 bits per heavy atom. The van der Waals surface area contributed by atoms with Crippen LogP contribution in [0.3, 0.4) is 0 Å². The van der Waals surface area contributed by atoms with Crippen molar-refractivity contribution in [3.63, 3.8) is 0 Å². The standard InChI is InChI=1S/C44H57NO18/c1-21-26-28(59-22(2)47)31(50)42(10)24(48)17-25-43(20-58-25,63-37(55)57-11)29(42)32(60-33(51)23-15-13-12-14-16-23)44(56,39(26,5)6)18-41(21,9)61-34(52)27(49)30(38(3,4)19-46)45-35(53)40(7,8)62-36(45)54/h12-16,21,24-25,27,29-30,32,46,48-49,56H,17-20H2,1-11H3/t21?,24?,25-,27-,29?,30-,32+,41-,42-,43+,44-/m1/s1. The van der Waals surface area contributed by atoms with Gasteiger partial charge in [0.15, 0.2) is 23.1 Å². The van der Waals surface area contributed by atoms with Gasteiger partial charge in [-0.3, -0.25) is 14.4 Å². The number of Topliss-reactive ketones (excluding diaryl/α,β-unsaturated/α-hetero) is 1. The van der Waals surface area contributed by atoms with Gasteiger partial charge in [-0.2, -0.15) is 0 Å². The van der Waals surface area contributed by atoms with Crippen LogP contribution in [-0.4, -0.2) is 140 Å². The summed E-state index contributed by atoms with van der Waals surface area (Å²) < 4.78 is 40.3. The first-order valence-electron chi connectivity index (χ1n) is 20.6. The van der Waals surface area contributed by atoms with Crippen LogP contribution in [0.2, 0.25) is 0 Å². The van der Waals surface area contributed by atoms with Gasteiger partial charge in [0.1, 0.15) is 23.4 Å². The van der Waals surface area contributed by atoms with Crippen LogP contribution < -0.4 is 0 Å². The van der Waals surface area contributed by atoms with Crippen molar-refractivity contribution in [1.29, 1.82) is 0 Å². The van der Waals surface area contributed by atoms with E-state index in [0.717, 1.165) is 14.0 Å². The Labute approximate surface area is 363 Å². The van der Waals surface area contributed by atoms with Gasteiger partial charge in [0.2, 0.25) is 5.78 Å². The van der Waals surface area contributed by atoms with Gasteiger partial charge in [-0.05, 0) is 45.4 Å². The first-order chi connectivity index (χ1) is 29.0. The molecule has 5 aliphatic rings. The second-order valence-corrected chi connectivity index (χ2v) is 19.5. The minimum atomic E-state index is -2.55. The molecule has 2 heterocycles. The topological polar surface area (TPSA) is 268 Å². The molecule has 11 atom stereocenters. The number of allylic oxidation sites excluding steroid dienone is 1. The number of cyclic esters (lactones) is 1. The van der Waals surface area contributed by atoms with Crippen LogP contribution >= 0.6 is 0 Å². The number of aliphatic hydroxyl groups excluding tert-OH is 3. The van der Waals surface area contributed by atoms with Gasteiger partial charge in [-0.15, -0.1) is 0 Å². The van der Waals surface area contributed by atoms with E-state index in [0.29, 0.717) is 4.90 Å². The summed E-state index contributed by atoms with van der Waals surface area (Å²) in [5.41, 5.74) is -13.9. The lowest BCUT2D eigenvalue weighted by Gasteiger charge is -2.67. The van der Waals surface area contributed by atoms with Crippen LogP contribution in [0, 0.1) is 28.1 Å². The fraction of sp³-hybridized carbons (Fsp3) is 0.659. The SMILES string of the molecule is COC(=O)O[C@@]12CO[C@@H]1CC(O)[C@@]1(C)C(=O)C(OC(C)=O)=C3C(C)[C@](C)(OC(=O)[C@H](O)[C@@H](N4C(=O)OC(C)(C)C4=O)C(C)(C)CO)C[C@@](O)([C@@H](OC(=O)c4ccccc4)C12)C3(C)C. The number of benzene rings is 1. The van der Waals surface area contributed by atoms with Crippen LogP contribution in [0.15, 0.2) is 41.7 Å². The Balaban J connectivity index is 1.61. The average Bonchev–Trinajstić information content (AvgIpc) is 3.40. The number of rotatable bonds is 10. The molecule has 19 nitrogen and oxygen atoms in total. The van der Waals surface area contributed by atoms with Crippen molar-refractivity contribution in [3.8, 4) is 0 Å². The van der Waals surface area contributed by atoms with Crippen molar-refractivity contribution in [2.24, 2.45) is 28.1 Å². The molecule has 3 unspecified atom stereocenters. The van der Waals surface area contributed by atoms with Gasteiger partial charge >= 0.3 is 30.2 Å². The van der Waals surface area contributed by atoms with E-state index in [1.54, 1.807) is 18.2 Å². The number of nitrogens with zero attached hydrogens (tertiary/aromatic N) is 1. The molecule has 1 aromatic carbocycles. The highest BCUT2D eigenvalue weighted by atomic mass is 16.8. The molecule has 2 bridgehead atoms. The smallest absolute Gasteiger partial charge is 0.457 e. The lowest BCUT2D eigenvalue weighted by molar-refractivity contribution is -0.345. The number of ketones is 1. The summed E-state index contributed by atoms with van der Waals surface area (Å²) in [5, 5.41) is 48.2. The maximum atomic E-state index is 15.6. The summed E-state index contributed by atoms with van der Waals surface area (Å²) in [6.45, 7) is 12.4. The summed E-state index contributed by atoms with van der Waals surface area (Å²) in [7, 11) is 1.04. The quantitative estimate of drug-likeness (QED) is 0.194. The van der Waals surface area contributed by atoms with Gasteiger partial charge in [-0.25, -0.2) is 24.1 Å². The Morgan fingerprint density at radius 1 is 1.00 bits per heavy atom. The van der Waals surface area contributed by atoms with Gasteiger partial charge in [0.25, 0.3) is 5.91 Å². The monoisotopic (exact) mass is 887 g/mol. The summed E-state index contributed by atoms with van der Waals surface area (Å²) in [6.07, 6.45) is -10.6. The number of imide groups is 1. The van der Waals surface area contributed by atoms with Crippen molar-refractivity contribution >= 4 is 41.8 Å². The van der Waals surface area contributed by atoms with E-state index in [4.69, 9.17) is 33.2 Å². The summed E-state index contributed by atoms with van der Waals surface area (Å²) in [4.78, 5) is 97.9. The number of carbonyl (C=O) groups is 7. The number of amides is 2. The summed E-state index contributed by atoms with van der Waals surface area (Å²) in [6, 6.07) is 5.84. The number of hydrogen-bond acceptors (Lipinski definition) is 18. The number of ether oxygens (including phenoxy) is 7. The molecule has 2 aliphatic heterocycles. The predicted molar refractivity (Wildman–Crippen MR) is 213 cm³/mol. The minimum absolute atomic E-state index is 0.00302. The first-order valence-corrected chi connectivity index (χ1v) is 20.6. The van der Waals surface area contributed by atoms with Crippen molar-refractivity contribution in [3.05, 3.63) is 47.2 Å². The molecule has 2 saturated carbocycles. The fourth-order valence-electron chi connectivity index (χ4n) is 10.5. The first kappa shape index (κ1) is 47.5. The van der Waals surface area contributed by atoms with E-state index in [9.17, 15) is 49.2 Å².